The summed E-state index contributed by atoms with van der Waals surface area (Å²) in [5, 5.41) is 9.73. The van der Waals surface area contributed by atoms with Crippen LogP contribution in [0.5, 0.6) is 0 Å². The number of amides is 1. The van der Waals surface area contributed by atoms with E-state index in [-0.39, 0.29) is 5.91 Å². The molecule has 1 amide bonds. The van der Waals surface area contributed by atoms with E-state index in [1.807, 2.05) is 0 Å². The van der Waals surface area contributed by atoms with E-state index in [0.29, 0.717) is 31.1 Å². The SMILES string of the molecule is CN=C(NCCCN(C(C)C)C(C)C)NCCC(=O)NC1CCCCC1. The molecule has 6 heteroatoms. The molecule has 3 N–H and O–H groups in total. The zero-order valence-electron chi connectivity index (χ0n) is 17.6. The molecular weight excluding hydrogens is 326 g/mol. The van der Waals surface area contributed by atoms with Crippen LogP contribution in [0.25, 0.3) is 0 Å². The Balaban J connectivity index is 2.15. The van der Waals surface area contributed by atoms with Crippen LogP contribution in [0.1, 0.15) is 72.6 Å². The third kappa shape index (κ3) is 9.41. The van der Waals surface area contributed by atoms with Crippen molar-refractivity contribution in [3.05, 3.63) is 0 Å². The summed E-state index contributed by atoms with van der Waals surface area (Å²) in [5.41, 5.74) is 0. The van der Waals surface area contributed by atoms with Gasteiger partial charge in [-0.2, -0.15) is 0 Å². The Kier molecular flexibility index (Phi) is 11.3. The van der Waals surface area contributed by atoms with Crippen molar-refractivity contribution in [1.29, 1.82) is 0 Å². The van der Waals surface area contributed by atoms with Gasteiger partial charge in [-0.1, -0.05) is 19.3 Å². The smallest absolute Gasteiger partial charge is 0.221 e. The van der Waals surface area contributed by atoms with E-state index in [1.165, 1.54) is 19.3 Å². The summed E-state index contributed by atoms with van der Waals surface area (Å²) in [5.74, 6) is 0.917. The molecule has 0 aromatic rings. The standard InChI is InChI=1S/C20H41N5O/c1-16(2)25(17(3)4)15-9-13-22-20(21-5)23-14-12-19(26)24-18-10-7-6-8-11-18/h16-18H,6-15H2,1-5H3,(H,24,26)(H2,21,22,23). The van der Waals surface area contributed by atoms with Crippen LogP contribution in [0.3, 0.4) is 0 Å². The Hall–Kier alpha value is -1.30. The average molecular weight is 368 g/mol. The van der Waals surface area contributed by atoms with Gasteiger partial charge in [-0.25, -0.2) is 0 Å². The van der Waals surface area contributed by atoms with Crippen molar-refractivity contribution < 1.29 is 4.79 Å². The molecule has 1 aliphatic rings. The highest BCUT2D eigenvalue weighted by atomic mass is 16.1. The van der Waals surface area contributed by atoms with E-state index < -0.39 is 0 Å². The van der Waals surface area contributed by atoms with Gasteiger partial charge in [-0.3, -0.25) is 14.7 Å². The van der Waals surface area contributed by atoms with Crippen LogP contribution in [0, 0.1) is 0 Å². The number of rotatable bonds is 10. The Morgan fingerprint density at radius 1 is 1.04 bits per heavy atom. The fourth-order valence-electron chi connectivity index (χ4n) is 3.64. The van der Waals surface area contributed by atoms with Crippen LogP contribution in [-0.2, 0) is 4.79 Å². The maximum absolute atomic E-state index is 12.0. The molecule has 1 rings (SSSR count). The van der Waals surface area contributed by atoms with Gasteiger partial charge in [0.2, 0.25) is 5.91 Å². The monoisotopic (exact) mass is 367 g/mol. The Labute approximate surface area is 160 Å². The number of nitrogens with one attached hydrogen (secondary N) is 3. The highest BCUT2D eigenvalue weighted by molar-refractivity contribution is 5.81. The lowest BCUT2D eigenvalue weighted by Crippen LogP contribution is -2.42. The van der Waals surface area contributed by atoms with Crippen LogP contribution < -0.4 is 16.0 Å². The van der Waals surface area contributed by atoms with Crippen molar-refractivity contribution in [3.63, 3.8) is 0 Å². The van der Waals surface area contributed by atoms with Crippen molar-refractivity contribution in [3.8, 4) is 0 Å². The highest BCUT2D eigenvalue weighted by Gasteiger charge is 2.15. The zero-order valence-corrected chi connectivity index (χ0v) is 17.6. The second-order valence-electron chi connectivity index (χ2n) is 7.86. The number of hydrogen-bond acceptors (Lipinski definition) is 3. The van der Waals surface area contributed by atoms with Gasteiger partial charge in [0.1, 0.15) is 0 Å². The summed E-state index contributed by atoms with van der Waals surface area (Å²) in [6, 6.07) is 1.52. The number of aliphatic imine (C=N–C) groups is 1. The predicted molar refractivity (Wildman–Crippen MR) is 111 cm³/mol. The van der Waals surface area contributed by atoms with E-state index in [0.717, 1.165) is 38.3 Å². The fraction of sp³-hybridized carbons (Fsp3) is 0.900. The Bertz CT molecular complexity index is 408. The first-order chi connectivity index (χ1) is 12.4. The van der Waals surface area contributed by atoms with E-state index in [2.05, 4.69) is 53.5 Å². The van der Waals surface area contributed by atoms with Crippen molar-refractivity contribution in [2.75, 3.05) is 26.7 Å². The number of hydrogen-bond donors (Lipinski definition) is 3. The summed E-state index contributed by atoms with van der Waals surface area (Å²) in [7, 11) is 1.77. The highest BCUT2D eigenvalue weighted by Crippen LogP contribution is 2.17. The normalized spacial score (nSPS) is 16.4. The van der Waals surface area contributed by atoms with Gasteiger partial charge < -0.3 is 16.0 Å². The first-order valence-electron chi connectivity index (χ1n) is 10.4. The second kappa shape index (κ2) is 13.0. The van der Waals surface area contributed by atoms with E-state index >= 15 is 0 Å². The molecule has 26 heavy (non-hydrogen) atoms. The minimum absolute atomic E-state index is 0.143. The Morgan fingerprint density at radius 2 is 1.65 bits per heavy atom. The lowest BCUT2D eigenvalue weighted by Gasteiger charge is -2.30. The van der Waals surface area contributed by atoms with Crippen LogP contribution in [-0.4, -0.2) is 61.6 Å². The van der Waals surface area contributed by atoms with Gasteiger partial charge in [-0.05, 0) is 47.0 Å². The topological polar surface area (TPSA) is 68.8 Å². The largest absolute Gasteiger partial charge is 0.356 e. The van der Waals surface area contributed by atoms with E-state index in [9.17, 15) is 4.79 Å². The summed E-state index contributed by atoms with van der Waals surface area (Å²) < 4.78 is 0. The molecule has 0 aliphatic heterocycles. The molecule has 0 radical (unpaired) electrons. The third-order valence-corrected chi connectivity index (χ3v) is 5.05. The van der Waals surface area contributed by atoms with Crippen molar-refractivity contribution >= 4 is 11.9 Å². The molecule has 0 spiro atoms. The molecule has 0 aromatic carbocycles. The summed E-state index contributed by atoms with van der Waals surface area (Å²) in [6.07, 6.45) is 7.61. The minimum atomic E-state index is 0.143. The summed E-state index contributed by atoms with van der Waals surface area (Å²) >= 11 is 0. The quantitative estimate of drug-likeness (QED) is 0.315. The van der Waals surface area contributed by atoms with Crippen molar-refractivity contribution in [2.45, 2.75) is 90.8 Å². The number of guanidine groups is 1. The van der Waals surface area contributed by atoms with Crippen LogP contribution in [0.2, 0.25) is 0 Å². The van der Waals surface area contributed by atoms with Gasteiger partial charge in [-0.15, -0.1) is 0 Å². The molecular formula is C20H41N5O. The van der Waals surface area contributed by atoms with Crippen molar-refractivity contribution in [1.82, 2.24) is 20.9 Å². The molecule has 0 unspecified atom stereocenters. The predicted octanol–water partition coefficient (Wildman–Crippen LogP) is 2.50. The first-order valence-corrected chi connectivity index (χ1v) is 10.4. The summed E-state index contributed by atoms with van der Waals surface area (Å²) in [4.78, 5) is 18.8. The molecule has 0 atom stereocenters. The first kappa shape index (κ1) is 22.7. The minimum Gasteiger partial charge on any atom is -0.356 e. The lowest BCUT2D eigenvalue weighted by molar-refractivity contribution is -0.121. The molecule has 0 bridgehead atoms. The van der Waals surface area contributed by atoms with Gasteiger partial charge in [0, 0.05) is 51.2 Å². The van der Waals surface area contributed by atoms with Gasteiger partial charge in [0.25, 0.3) is 0 Å². The molecule has 1 aliphatic carbocycles. The molecule has 0 aromatic heterocycles. The summed E-state index contributed by atoms with van der Waals surface area (Å²) in [6.45, 7) is 11.5. The van der Waals surface area contributed by atoms with Crippen molar-refractivity contribution in [2.24, 2.45) is 4.99 Å². The number of carbonyl (C=O) groups is 1. The molecule has 0 heterocycles. The molecule has 1 saturated carbocycles. The number of carbonyl (C=O) groups excluding carboxylic acids is 1. The van der Waals surface area contributed by atoms with Gasteiger partial charge >= 0.3 is 0 Å². The van der Waals surface area contributed by atoms with Gasteiger partial charge in [0.05, 0.1) is 0 Å². The number of nitrogens with zero attached hydrogens (tertiary/aromatic N) is 2. The molecule has 152 valence electrons. The maximum atomic E-state index is 12.0. The Morgan fingerprint density at radius 3 is 2.23 bits per heavy atom. The lowest BCUT2D eigenvalue weighted by atomic mass is 9.95. The average Bonchev–Trinajstić information content (AvgIpc) is 2.60. The van der Waals surface area contributed by atoms with Gasteiger partial charge in [0.15, 0.2) is 5.96 Å². The van der Waals surface area contributed by atoms with E-state index in [1.54, 1.807) is 7.05 Å². The van der Waals surface area contributed by atoms with Crippen LogP contribution in [0.4, 0.5) is 0 Å². The molecule has 1 fully saturated rings. The maximum Gasteiger partial charge on any atom is 0.221 e. The fourth-order valence-corrected chi connectivity index (χ4v) is 3.64. The molecule has 6 nitrogen and oxygen atoms in total. The van der Waals surface area contributed by atoms with E-state index in [4.69, 9.17) is 0 Å². The molecule has 0 saturated heterocycles. The zero-order chi connectivity index (χ0) is 19.4. The van der Waals surface area contributed by atoms with Crippen LogP contribution in [0.15, 0.2) is 4.99 Å². The second-order valence-corrected chi connectivity index (χ2v) is 7.86. The van der Waals surface area contributed by atoms with Crippen LogP contribution >= 0.6 is 0 Å². The third-order valence-electron chi connectivity index (χ3n) is 5.05.